The topological polar surface area (TPSA) is 38.3 Å². The van der Waals surface area contributed by atoms with Gasteiger partial charge in [-0.05, 0) is 48.3 Å². The van der Waals surface area contributed by atoms with Crippen molar-refractivity contribution in [2.24, 2.45) is 17.8 Å². The number of nitrogens with one attached hydrogen (secondary N) is 1. The van der Waals surface area contributed by atoms with Crippen LogP contribution >= 0.6 is 7.52 Å². The lowest BCUT2D eigenvalue weighted by Gasteiger charge is -2.39. The Bertz CT molecular complexity index is 747. The molecule has 27 heavy (non-hydrogen) atoms. The zero-order valence-electron chi connectivity index (χ0n) is 16.7. The van der Waals surface area contributed by atoms with Crippen LogP contribution in [0.15, 0.2) is 60.7 Å². The zero-order valence-corrected chi connectivity index (χ0v) is 17.6. The first-order chi connectivity index (χ1) is 13.0. The third kappa shape index (κ3) is 5.31. The lowest BCUT2D eigenvalue weighted by molar-refractivity contribution is 0.0483. The second kappa shape index (κ2) is 9.19. The Morgan fingerprint density at radius 1 is 1.04 bits per heavy atom. The van der Waals surface area contributed by atoms with Gasteiger partial charge in [-0.15, -0.1) is 0 Å². The van der Waals surface area contributed by atoms with Crippen LogP contribution in [0, 0.1) is 17.8 Å². The quantitative estimate of drug-likeness (QED) is 0.615. The van der Waals surface area contributed by atoms with Crippen molar-refractivity contribution in [3.8, 4) is 0 Å². The molecule has 1 N–H and O–H groups in total. The fourth-order valence-electron chi connectivity index (χ4n) is 4.03. The van der Waals surface area contributed by atoms with Crippen LogP contribution in [0.25, 0.3) is 0 Å². The molecular formula is C23H32NO2P. The highest BCUT2D eigenvalue weighted by Crippen LogP contribution is 2.48. The van der Waals surface area contributed by atoms with Crippen LogP contribution in [-0.4, -0.2) is 6.10 Å². The monoisotopic (exact) mass is 385 g/mol. The van der Waals surface area contributed by atoms with Gasteiger partial charge in [-0.1, -0.05) is 75.7 Å². The van der Waals surface area contributed by atoms with E-state index in [4.69, 9.17) is 4.52 Å². The van der Waals surface area contributed by atoms with Crippen LogP contribution in [0.2, 0.25) is 0 Å². The first kappa shape index (κ1) is 20.3. The maximum atomic E-state index is 14.0. The van der Waals surface area contributed by atoms with Crippen molar-refractivity contribution in [2.75, 3.05) is 0 Å². The minimum absolute atomic E-state index is 0.0306. The first-order valence-corrected chi connectivity index (χ1v) is 11.7. The van der Waals surface area contributed by atoms with Gasteiger partial charge in [0.1, 0.15) is 0 Å². The summed E-state index contributed by atoms with van der Waals surface area (Å²) in [5.41, 5.74) is 1.11. The van der Waals surface area contributed by atoms with Crippen molar-refractivity contribution in [1.29, 1.82) is 0 Å². The normalized spacial score (nSPS) is 25.3. The molecule has 0 aliphatic heterocycles. The molecule has 4 atom stereocenters. The number of hydrogen-bond acceptors (Lipinski definition) is 2. The van der Waals surface area contributed by atoms with Crippen molar-refractivity contribution >= 4 is 12.8 Å². The minimum Gasteiger partial charge on any atom is -0.311 e. The van der Waals surface area contributed by atoms with E-state index in [-0.39, 0.29) is 6.10 Å². The highest BCUT2D eigenvalue weighted by molar-refractivity contribution is 7.65. The van der Waals surface area contributed by atoms with Crippen molar-refractivity contribution in [1.82, 2.24) is 5.09 Å². The van der Waals surface area contributed by atoms with Gasteiger partial charge in [0.15, 0.2) is 0 Å². The Hall–Kier alpha value is -1.41. The van der Waals surface area contributed by atoms with Gasteiger partial charge in [-0.25, -0.2) is 5.09 Å². The molecule has 0 spiro atoms. The zero-order chi connectivity index (χ0) is 19.3. The van der Waals surface area contributed by atoms with Crippen LogP contribution in [0.4, 0.5) is 0 Å². The Morgan fingerprint density at radius 3 is 2.30 bits per heavy atom. The molecule has 0 bridgehead atoms. The molecule has 1 aliphatic rings. The van der Waals surface area contributed by atoms with Crippen molar-refractivity contribution in [3.63, 3.8) is 0 Å². The van der Waals surface area contributed by atoms with Crippen LogP contribution in [-0.2, 0) is 15.6 Å². The van der Waals surface area contributed by atoms with E-state index in [1.807, 2.05) is 60.7 Å². The molecule has 1 saturated carbocycles. The highest BCUT2D eigenvalue weighted by Gasteiger charge is 2.37. The largest absolute Gasteiger partial charge is 0.311 e. The molecule has 0 aromatic heterocycles. The lowest BCUT2D eigenvalue weighted by atomic mass is 9.75. The van der Waals surface area contributed by atoms with Crippen LogP contribution in [0.5, 0.6) is 0 Å². The standard InChI is InChI=1S/C23H32NO2P/c1-18(2)22-15-14-19(3)16-23(22)26-27(25,21-12-8-5-9-13-21)24-17-20-10-6-4-7-11-20/h4-13,18-19,22-23H,14-17H2,1-3H3,(H,24,25)/t19-,22-,23+,27-/m1/s1. The fourth-order valence-corrected chi connectivity index (χ4v) is 5.99. The van der Waals surface area contributed by atoms with E-state index >= 15 is 0 Å². The summed E-state index contributed by atoms with van der Waals surface area (Å²) in [5.74, 6) is 1.60. The van der Waals surface area contributed by atoms with Crippen molar-refractivity contribution in [2.45, 2.75) is 52.7 Å². The molecule has 3 nitrogen and oxygen atoms in total. The summed E-state index contributed by atoms with van der Waals surface area (Å²) < 4.78 is 20.5. The van der Waals surface area contributed by atoms with Gasteiger partial charge in [0.2, 0.25) is 0 Å². The van der Waals surface area contributed by atoms with Gasteiger partial charge in [-0.3, -0.25) is 4.57 Å². The van der Waals surface area contributed by atoms with Crippen molar-refractivity contribution < 1.29 is 9.09 Å². The lowest BCUT2D eigenvalue weighted by Crippen LogP contribution is -2.36. The second-order valence-electron chi connectivity index (χ2n) is 8.18. The predicted molar refractivity (Wildman–Crippen MR) is 113 cm³/mol. The molecule has 0 radical (unpaired) electrons. The summed E-state index contributed by atoms with van der Waals surface area (Å²) in [4.78, 5) is 0. The van der Waals surface area contributed by atoms with Crippen LogP contribution in [0.3, 0.4) is 0 Å². The third-order valence-corrected chi connectivity index (χ3v) is 7.80. The summed E-state index contributed by atoms with van der Waals surface area (Å²) in [6, 6.07) is 19.7. The molecule has 0 saturated heterocycles. The maximum Gasteiger partial charge on any atom is 0.300 e. The first-order valence-electron chi connectivity index (χ1n) is 10.1. The molecule has 1 aliphatic carbocycles. The SMILES string of the molecule is CC(C)[C@H]1CC[C@@H](C)C[C@@H]1O[P@@](=O)(NCc1ccccc1)c1ccccc1. The Labute approximate surface area is 164 Å². The van der Waals surface area contributed by atoms with E-state index in [2.05, 4.69) is 25.9 Å². The molecular weight excluding hydrogens is 353 g/mol. The van der Waals surface area contributed by atoms with E-state index in [1.54, 1.807) is 0 Å². The van der Waals surface area contributed by atoms with E-state index < -0.39 is 7.52 Å². The van der Waals surface area contributed by atoms with Gasteiger partial charge < -0.3 is 4.52 Å². The fraction of sp³-hybridized carbons (Fsp3) is 0.478. The second-order valence-corrected chi connectivity index (χ2v) is 10.3. The predicted octanol–water partition coefficient (Wildman–Crippen LogP) is 5.77. The average Bonchev–Trinajstić information content (AvgIpc) is 2.68. The molecule has 2 aromatic carbocycles. The Morgan fingerprint density at radius 2 is 1.67 bits per heavy atom. The summed E-state index contributed by atoms with van der Waals surface area (Å²) in [6.45, 7) is 7.31. The van der Waals surface area contributed by atoms with Gasteiger partial charge >= 0.3 is 0 Å². The number of benzene rings is 2. The van der Waals surface area contributed by atoms with E-state index in [9.17, 15) is 4.57 Å². The van der Waals surface area contributed by atoms with Crippen LogP contribution < -0.4 is 10.4 Å². The molecule has 146 valence electrons. The number of hydrogen-bond donors (Lipinski definition) is 1. The van der Waals surface area contributed by atoms with Gasteiger partial charge in [-0.2, -0.15) is 0 Å². The van der Waals surface area contributed by atoms with E-state index in [0.29, 0.717) is 24.3 Å². The van der Waals surface area contributed by atoms with E-state index in [1.165, 1.54) is 6.42 Å². The molecule has 4 heteroatoms. The van der Waals surface area contributed by atoms with Gasteiger partial charge in [0, 0.05) is 6.54 Å². The molecule has 3 rings (SSSR count). The Kier molecular flexibility index (Phi) is 6.92. The number of rotatable bonds is 7. The highest BCUT2D eigenvalue weighted by atomic mass is 31.2. The average molecular weight is 385 g/mol. The van der Waals surface area contributed by atoms with Crippen molar-refractivity contribution in [3.05, 3.63) is 66.2 Å². The Balaban J connectivity index is 1.84. The van der Waals surface area contributed by atoms with Gasteiger partial charge in [0.05, 0.1) is 11.4 Å². The van der Waals surface area contributed by atoms with Crippen LogP contribution in [0.1, 0.15) is 45.6 Å². The molecule has 0 amide bonds. The summed E-state index contributed by atoms with van der Waals surface area (Å²) in [6.07, 6.45) is 3.39. The molecule has 0 unspecified atom stereocenters. The van der Waals surface area contributed by atoms with Gasteiger partial charge in [0.25, 0.3) is 7.52 Å². The summed E-state index contributed by atoms with van der Waals surface area (Å²) >= 11 is 0. The summed E-state index contributed by atoms with van der Waals surface area (Å²) in [5, 5.41) is 4.04. The third-order valence-electron chi connectivity index (χ3n) is 5.68. The van der Waals surface area contributed by atoms with E-state index in [0.717, 1.165) is 23.7 Å². The maximum absolute atomic E-state index is 14.0. The minimum atomic E-state index is -3.16. The molecule has 2 aromatic rings. The summed E-state index contributed by atoms with van der Waals surface area (Å²) in [7, 11) is -3.16. The molecule has 0 heterocycles. The smallest absolute Gasteiger partial charge is 0.300 e. The molecule has 1 fully saturated rings.